The largest absolute Gasteiger partial charge is 0.368 e. The van der Waals surface area contributed by atoms with Crippen LogP contribution in [0.2, 0.25) is 5.02 Å². The maximum Gasteiger partial charge on any atom is 0.240 e. The number of rotatable bonds is 2. The third kappa shape index (κ3) is 2.13. The molecule has 1 fully saturated rings. The lowest BCUT2D eigenvalue weighted by atomic mass is 10.1. The van der Waals surface area contributed by atoms with E-state index in [0.717, 1.165) is 5.56 Å². The number of nitrogens with zero attached hydrogens (tertiary/aromatic N) is 1. The first-order chi connectivity index (χ1) is 8.00. The van der Waals surface area contributed by atoms with Gasteiger partial charge in [-0.15, -0.1) is 0 Å². The predicted molar refractivity (Wildman–Crippen MR) is 65.9 cm³/mol. The zero-order valence-electron chi connectivity index (χ0n) is 9.44. The summed E-state index contributed by atoms with van der Waals surface area (Å²) in [5.74, 6) is -0.538. The molecule has 1 aromatic rings. The Bertz CT molecular complexity index is 487. The number of hydrogen-bond donors (Lipinski definition) is 1. The quantitative estimate of drug-likeness (QED) is 0.870. The molecule has 1 aliphatic rings. The summed E-state index contributed by atoms with van der Waals surface area (Å²) >= 11 is 5.86. The molecular weight excluding hydrogens is 240 g/mol. The molecule has 4 nitrogen and oxygen atoms in total. The minimum Gasteiger partial charge on any atom is -0.368 e. The normalized spacial score (nSPS) is 19.8. The highest BCUT2D eigenvalue weighted by Crippen LogP contribution is 2.30. The van der Waals surface area contributed by atoms with Gasteiger partial charge in [-0.3, -0.25) is 14.5 Å². The van der Waals surface area contributed by atoms with Crippen molar-refractivity contribution in [3.05, 3.63) is 28.8 Å². The van der Waals surface area contributed by atoms with Crippen molar-refractivity contribution < 1.29 is 9.59 Å². The molecule has 0 aromatic heterocycles. The Morgan fingerprint density at radius 3 is 2.82 bits per heavy atom. The molecule has 1 atom stereocenters. The minimum atomic E-state index is -0.539. The van der Waals surface area contributed by atoms with Gasteiger partial charge in [0.25, 0.3) is 0 Å². The molecule has 0 saturated carbocycles. The number of aryl methyl sites for hydroxylation is 1. The first-order valence-corrected chi connectivity index (χ1v) is 5.76. The van der Waals surface area contributed by atoms with Gasteiger partial charge >= 0.3 is 0 Å². The highest BCUT2D eigenvalue weighted by Gasteiger charge is 2.36. The summed E-state index contributed by atoms with van der Waals surface area (Å²) in [5, 5.41) is 0.605. The van der Waals surface area contributed by atoms with Gasteiger partial charge in [-0.1, -0.05) is 11.6 Å². The van der Waals surface area contributed by atoms with Gasteiger partial charge in [-0.25, -0.2) is 0 Å². The van der Waals surface area contributed by atoms with Crippen LogP contribution in [-0.4, -0.2) is 17.9 Å². The second kappa shape index (κ2) is 4.37. The molecule has 2 amide bonds. The van der Waals surface area contributed by atoms with E-state index >= 15 is 0 Å². The van der Waals surface area contributed by atoms with Crippen LogP contribution in [0.3, 0.4) is 0 Å². The fraction of sp³-hybridized carbons (Fsp3) is 0.333. The third-order valence-electron chi connectivity index (χ3n) is 2.96. The van der Waals surface area contributed by atoms with E-state index in [-0.39, 0.29) is 5.91 Å². The lowest BCUT2D eigenvalue weighted by molar-refractivity contribution is -0.121. The second-order valence-corrected chi connectivity index (χ2v) is 4.59. The third-order valence-corrected chi connectivity index (χ3v) is 3.19. The summed E-state index contributed by atoms with van der Waals surface area (Å²) in [5.41, 5.74) is 6.88. The smallest absolute Gasteiger partial charge is 0.240 e. The van der Waals surface area contributed by atoms with Crippen LogP contribution in [0.25, 0.3) is 0 Å². The minimum absolute atomic E-state index is 0.0702. The van der Waals surface area contributed by atoms with Crippen LogP contribution in [0.4, 0.5) is 5.69 Å². The summed E-state index contributed by atoms with van der Waals surface area (Å²) in [6, 6.07) is 4.67. The molecule has 0 aliphatic carbocycles. The molecule has 1 heterocycles. The van der Waals surface area contributed by atoms with E-state index in [1.165, 1.54) is 4.90 Å². The van der Waals surface area contributed by atoms with Crippen molar-refractivity contribution in [1.82, 2.24) is 0 Å². The fourth-order valence-corrected chi connectivity index (χ4v) is 2.37. The molecule has 17 heavy (non-hydrogen) atoms. The Balaban J connectivity index is 2.43. The van der Waals surface area contributed by atoms with Gasteiger partial charge in [0.1, 0.15) is 6.04 Å². The van der Waals surface area contributed by atoms with Crippen LogP contribution in [-0.2, 0) is 9.59 Å². The van der Waals surface area contributed by atoms with Crippen molar-refractivity contribution in [2.45, 2.75) is 25.8 Å². The number of halogens is 1. The standard InChI is InChI=1S/C12H13ClN2O2/c1-7-6-8(13)2-3-9(7)15-10(12(14)17)4-5-11(15)16/h2-3,6,10H,4-5H2,1H3,(H2,14,17)/t10-/m0/s1. The number of primary amides is 1. The number of nitrogens with two attached hydrogens (primary N) is 1. The highest BCUT2D eigenvalue weighted by molar-refractivity contribution is 6.30. The van der Waals surface area contributed by atoms with Crippen LogP contribution in [0, 0.1) is 6.92 Å². The number of carbonyl (C=O) groups excluding carboxylic acids is 2. The number of amides is 2. The average Bonchev–Trinajstić information content (AvgIpc) is 2.60. The molecule has 0 unspecified atom stereocenters. The maximum absolute atomic E-state index is 11.8. The van der Waals surface area contributed by atoms with Gasteiger partial charge in [0.15, 0.2) is 0 Å². The maximum atomic E-state index is 11.8. The van der Waals surface area contributed by atoms with Crippen LogP contribution in [0.15, 0.2) is 18.2 Å². The molecular formula is C12H13ClN2O2. The molecule has 5 heteroatoms. The summed E-state index contributed by atoms with van der Waals surface area (Å²) in [4.78, 5) is 24.6. The van der Waals surface area contributed by atoms with Crippen LogP contribution in [0.5, 0.6) is 0 Å². The number of carbonyl (C=O) groups is 2. The summed E-state index contributed by atoms with van der Waals surface area (Å²) in [7, 11) is 0. The van der Waals surface area contributed by atoms with Crippen LogP contribution < -0.4 is 10.6 Å². The van der Waals surface area contributed by atoms with Crippen molar-refractivity contribution in [2.24, 2.45) is 5.73 Å². The SMILES string of the molecule is Cc1cc(Cl)ccc1N1C(=O)CC[C@H]1C(N)=O. The zero-order valence-corrected chi connectivity index (χ0v) is 10.2. The van der Waals surface area contributed by atoms with Crippen molar-refractivity contribution in [3.63, 3.8) is 0 Å². The monoisotopic (exact) mass is 252 g/mol. The average molecular weight is 253 g/mol. The first-order valence-electron chi connectivity index (χ1n) is 5.38. The van der Waals surface area contributed by atoms with Crippen molar-refractivity contribution in [1.29, 1.82) is 0 Å². The van der Waals surface area contributed by atoms with E-state index in [9.17, 15) is 9.59 Å². The first kappa shape index (κ1) is 11.9. The van der Waals surface area contributed by atoms with E-state index in [4.69, 9.17) is 17.3 Å². The molecule has 90 valence electrons. The molecule has 0 spiro atoms. The fourth-order valence-electron chi connectivity index (χ4n) is 2.14. The number of hydrogen-bond acceptors (Lipinski definition) is 2. The van der Waals surface area contributed by atoms with Crippen LogP contribution >= 0.6 is 11.6 Å². The summed E-state index contributed by atoms with van der Waals surface area (Å²) < 4.78 is 0. The number of anilines is 1. The van der Waals surface area contributed by atoms with Crippen molar-refractivity contribution in [3.8, 4) is 0 Å². The van der Waals surface area contributed by atoms with E-state index in [1.807, 2.05) is 6.92 Å². The molecule has 1 saturated heterocycles. The Kier molecular flexibility index (Phi) is 3.07. The second-order valence-electron chi connectivity index (χ2n) is 4.15. The molecule has 1 aliphatic heterocycles. The van der Waals surface area contributed by atoms with E-state index in [2.05, 4.69) is 0 Å². The zero-order chi connectivity index (χ0) is 12.6. The molecule has 0 radical (unpaired) electrons. The van der Waals surface area contributed by atoms with Crippen molar-refractivity contribution >= 4 is 29.1 Å². The highest BCUT2D eigenvalue weighted by atomic mass is 35.5. The molecule has 1 aromatic carbocycles. The summed E-state index contributed by atoms with van der Waals surface area (Å²) in [6.45, 7) is 1.85. The number of benzene rings is 1. The lowest BCUT2D eigenvalue weighted by Gasteiger charge is -2.24. The van der Waals surface area contributed by atoms with Gasteiger partial charge in [-0.2, -0.15) is 0 Å². The topological polar surface area (TPSA) is 63.4 Å². The van der Waals surface area contributed by atoms with Crippen LogP contribution in [0.1, 0.15) is 18.4 Å². The van der Waals surface area contributed by atoms with E-state index in [0.29, 0.717) is 23.6 Å². The van der Waals surface area contributed by atoms with E-state index in [1.54, 1.807) is 18.2 Å². The van der Waals surface area contributed by atoms with Gasteiger partial charge in [0, 0.05) is 17.1 Å². The Morgan fingerprint density at radius 2 is 2.24 bits per heavy atom. The lowest BCUT2D eigenvalue weighted by Crippen LogP contribution is -2.42. The molecule has 2 N–H and O–H groups in total. The Morgan fingerprint density at radius 1 is 1.53 bits per heavy atom. The Labute approximate surface area is 104 Å². The molecule has 2 rings (SSSR count). The van der Waals surface area contributed by atoms with Gasteiger partial charge < -0.3 is 5.73 Å². The van der Waals surface area contributed by atoms with Gasteiger partial charge in [0.2, 0.25) is 11.8 Å². The molecule has 0 bridgehead atoms. The van der Waals surface area contributed by atoms with E-state index < -0.39 is 11.9 Å². The van der Waals surface area contributed by atoms with Gasteiger partial charge in [-0.05, 0) is 37.1 Å². The van der Waals surface area contributed by atoms with Crippen molar-refractivity contribution in [2.75, 3.05) is 4.90 Å². The predicted octanol–water partition coefficient (Wildman–Crippen LogP) is 1.63. The summed E-state index contributed by atoms with van der Waals surface area (Å²) in [6.07, 6.45) is 0.839. The van der Waals surface area contributed by atoms with Gasteiger partial charge in [0.05, 0.1) is 0 Å². The Hall–Kier alpha value is -1.55.